The first-order chi connectivity index (χ1) is 12.6. The van der Waals surface area contributed by atoms with Gasteiger partial charge < -0.3 is 10.4 Å². The molecule has 1 heterocycles. The maximum Gasteiger partial charge on any atom is 0.306 e. The van der Waals surface area contributed by atoms with E-state index in [1.54, 1.807) is 50.2 Å². The lowest BCUT2D eigenvalue weighted by atomic mass is 10.1. The number of carboxylic acids is 1. The van der Waals surface area contributed by atoms with Gasteiger partial charge >= 0.3 is 5.97 Å². The molecule has 27 heavy (non-hydrogen) atoms. The number of hydrogen-bond donors (Lipinski definition) is 2. The second-order valence-electron chi connectivity index (χ2n) is 6.65. The van der Waals surface area contributed by atoms with E-state index in [0.717, 1.165) is 9.87 Å². The molecule has 1 aliphatic heterocycles. The van der Waals surface area contributed by atoms with E-state index in [-0.39, 0.29) is 10.6 Å². The molecule has 0 fully saturated rings. The number of carboxylic acid groups (broad SMARTS) is 1. The van der Waals surface area contributed by atoms with Crippen molar-refractivity contribution in [1.82, 2.24) is 0 Å². The van der Waals surface area contributed by atoms with Gasteiger partial charge in [0.05, 0.1) is 22.7 Å². The van der Waals surface area contributed by atoms with Crippen molar-refractivity contribution in [3.63, 3.8) is 0 Å². The molecule has 8 heteroatoms. The second kappa shape index (κ2) is 6.70. The molecular formula is C19H20N2O5S. The van der Waals surface area contributed by atoms with Crippen LogP contribution in [0.4, 0.5) is 11.4 Å². The number of nitrogens with one attached hydrogen (secondary N) is 1. The Balaban J connectivity index is 2.27. The first kappa shape index (κ1) is 18.9. The van der Waals surface area contributed by atoms with E-state index < -0.39 is 34.4 Å². The Bertz CT molecular complexity index is 1020. The van der Waals surface area contributed by atoms with Gasteiger partial charge in [0.2, 0.25) is 5.91 Å². The van der Waals surface area contributed by atoms with Crippen LogP contribution in [-0.2, 0) is 19.6 Å². The Morgan fingerprint density at radius 3 is 2.33 bits per heavy atom. The van der Waals surface area contributed by atoms with Crippen LogP contribution in [0.5, 0.6) is 0 Å². The molecule has 7 nitrogen and oxygen atoms in total. The predicted molar refractivity (Wildman–Crippen MR) is 101 cm³/mol. The van der Waals surface area contributed by atoms with Gasteiger partial charge in [-0.1, -0.05) is 29.8 Å². The Kier molecular flexibility index (Phi) is 4.69. The van der Waals surface area contributed by atoms with Crippen molar-refractivity contribution in [2.24, 2.45) is 0 Å². The minimum absolute atomic E-state index is 0.0907. The van der Waals surface area contributed by atoms with Crippen LogP contribution in [0.2, 0.25) is 0 Å². The van der Waals surface area contributed by atoms with Gasteiger partial charge in [0.1, 0.15) is 6.04 Å². The Labute approximate surface area is 157 Å². The number of benzene rings is 2. The van der Waals surface area contributed by atoms with Gasteiger partial charge in [-0.05, 0) is 44.0 Å². The Hall–Kier alpha value is -2.87. The summed E-state index contributed by atoms with van der Waals surface area (Å²) in [5.74, 6) is -1.92. The highest BCUT2D eigenvalue weighted by Gasteiger charge is 2.42. The molecule has 3 rings (SSSR count). The van der Waals surface area contributed by atoms with Crippen LogP contribution in [0.25, 0.3) is 0 Å². The smallest absolute Gasteiger partial charge is 0.306 e. The zero-order chi connectivity index (χ0) is 19.9. The number of anilines is 2. The molecule has 2 aromatic rings. The van der Waals surface area contributed by atoms with E-state index in [4.69, 9.17) is 0 Å². The van der Waals surface area contributed by atoms with Crippen molar-refractivity contribution < 1.29 is 23.1 Å². The zero-order valence-electron chi connectivity index (χ0n) is 15.2. The van der Waals surface area contributed by atoms with Crippen molar-refractivity contribution in [1.29, 1.82) is 0 Å². The van der Waals surface area contributed by atoms with E-state index in [1.165, 1.54) is 0 Å². The number of aliphatic carboxylic acids is 1. The SMILES string of the molecule is Cc1cc(C)c(S(=O)(=O)N2c3ccccc3NC(=O)[C@H]2CC(=O)O)c(C)c1. The number of nitrogens with zero attached hydrogens (tertiary/aromatic N) is 1. The largest absolute Gasteiger partial charge is 0.481 e. The number of rotatable bonds is 4. The molecule has 1 aliphatic rings. The van der Waals surface area contributed by atoms with Gasteiger partial charge in [-0.25, -0.2) is 8.42 Å². The fourth-order valence-electron chi connectivity index (χ4n) is 3.57. The van der Waals surface area contributed by atoms with Crippen LogP contribution in [0.3, 0.4) is 0 Å². The first-order valence-electron chi connectivity index (χ1n) is 8.37. The third-order valence-electron chi connectivity index (χ3n) is 4.47. The first-order valence-corrected chi connectivity index (χ1v) is 9.81. The van der Waals surface area contributed by atoms with Gasteiger partial charge in [-0.3, -0.25) is 13.9 Å². The van der Waals surface area contributed by atoms with Crippen molar-refractivity contribution in [3.05, 3.63) is 53.1 Å². The average Bonchev–Trinajstić information content (AvgIpc) is 2.53. The summed E-state index contributed by atoms with van der Waals surface area (Å²) >= 11 is 0. The Morgan fingerprint density at radius 1 is 1.15 bits per heavy atom. The zero-order valence-corrected chi connectivity index (χ0v) is 16.0. The van der Waals surface area contributed by atoms with Crippen molar-refractivity contribution in [3.8, 4) is 0 Å². The average molecular weight is 388 g/mol. The topological polar surface area (TPSA) is 104 Å². The summed E-state index contributed by atoms with van der Waals surface area (Å²) in [7, 11) is -4.17. The molecule has 0 saturated heterocycles. The molecule has 0 unspecified atom stereocenters. The van der Waals surface area contributed by atoms with Gasteiger partial charge in [-0.15, -0.1) is 0 Å². The minimum Gasteiger partial charge on any atom is -0.481 e. The standard InChI is InChI=1S/C19H20N2O5S/c1-11-8-12(2)18(13(3)9-11)27(25,26)21-15-7-5-4-6-14(15)20-19(24)16(21)10-17(22)23/h4-9,16H,10H2,1-3H3,(H,20,24)(H,22,23)/t16-/m1/s1. The third kappa shape index (κ3) is 3.28. The van der Waals surface area contributed by atoms with Gasteiger partial charge in [-0.2, -0.15) is 0 Å². The minimum atomic E-state index is -4.17. The van der Waals surface area contributed by atoms with Crippen molar-refractivity contribution in [2.75, 3.05) is 9.62 Å². The number of hydrogen-bond acceptors (Lipinski definition) is 4. The summed E-state index contributed by atoms with van der Waals surface area (Å²) in [6.07, 6.45) is -0.636. The number of amides is 1. The lowest BCUT2D eigenvalue weighted by Gasteiger charge is -2.37. The number of para-hydroxylation sites is 2. The third-order valence-corrected chi connectivity index (χ3v) is 6.60. The van der Waals surface area contributed by atoms with Crippen LogP contribution >= 0.6 is 0 Å². The fraction of sp³-hybridized carbons (Fsp3) is 0.263. The van der Waals surface area contributed by atoms with Crippen molar-refractivity contribution >= 4 is 33.3 Å². The maximum absolute atomic E-state index is 13.6. The second-order valence-corrected chi connectivity index (χ2v) is 8.40. The summed E-state index contributed by atoms with van der Waals surface area (Å²) in [6.45, 7) is 5.25. The molecule has 0 spiro atoms. The highest BCUT2D eigenvalue weighted by molar-refractivity contribution is 7.93. The lowest BCUT2D eigenvalue weighted by molar-refractivity contribution is -0.138. The highest BCUT2D eigenvalue weighted by atomic mass is 32.2. The molecule has 0 aliphatic carbocycles. The van der Waals surface area contributed by atoms with Crippen LogP contribution in [0.1, 0.15) is 23.1 Å². The van der Waals surface area contributed by atoms with Gasteiger partial charge in [0.15, 0.2) is 0 Å². The summed E-state index contributed by atoms with van der Waals surface area (Å²) in [6, 6.07) is 8.59. The molecule has 0 aromatic heterocycles. The molecule has 2 aromatic carbocycles. The molecule has 1 atom stereocenters. The molecular weight excluding hydrogens is 368 g/mol. The number of aryl methyl sites for hydroxylation is 3. The number of carbonyl (C=O) groups is 2. The molecule has 142 valence electrons. The van der Waals surface area contributed by atoms with Crippen LogP contribution in [-0.4, -0.2) is 31.4 Å². The molecule has 2 N–H and O–H groups in total. The van der Waals surface area contributed by atoms with E-state index in [2.05, 4.69) is 5.32 Å². The molecule has 0 radical (unpaired) electrons. The van der Waals surface area contributed by atoms with E-state index >= 15 is 0 Å². The van der Waals surface area contributed by atoms with Gasteiger partial charge in [0, 0.05) is 0 Å². The molecule has 0 saturated carbocycles. The highest BCUT2D eigenvalue weighted by Crippen LogP contribution is 2.38. The lowest BCUT2D eigenvalue weighted by Crippen LogP contribution is -2.52. The van der Waals surface area contributed by atoms with Crippen LogP contribution in [0.15, 0.2) is 41.3 Å². The Morgan fingerprint density at radius 2 is 1.74 bits per heavy atom. The molecule has 0 bridgehead atoms. The predicted octanol–water partition coefficient (Wildman–Crippen LogP) is 2.60. The summed E-state index contributed by atoms with van der Waals surface area (Å²) in [4.78, 5) is 23.9. The van der Waals surface area contributed by atoms with Crippen LogP contribution < -0.4 is 9.62 Å². The molecule has 1 amide bonds. The fourth-order valence-corrected chi connectivity index (χ4v) is 5.62. The maximum atomic E-state index is 13.6. The van der Waals surface area contributed by atoms with Crippen molar-refractivity contribution in [2.45, 2.75) is 38.1 Å². The number of sulfonamides is 1. The summed E-state index contributed by atoms with van der Waals surface area (Å²) in [5, 5.41) is 11.8. The summed E-state index contributed by atoms with van der Waals surface area (Å²) < 4.78 is 28.1. The summed E-state index contributed by atoms with van der Waals surface area (Å²) in [5.41, 5.74) is 2.59. The normalized spacial score (nSPS) is 16.6. The van der Waals surface area contributed by atoms with E-state index in [1.807, 2.05) is 6.92 Å². The van der Waals surface area contributed by atoms with E-state index in [0.29, 0.717) is 16.8 Å². The number of fused-ring (bicyclic) bond motifs is 1. The monoisotopic (exact) mass is 388 g/mol. The quantitative estimate of drug-likeness (QED) is 0.838. The van der Waals surface area contributed by atoms with Crippen LogP contribution in [0, 0.1) is 20.8 Å². The van der Waals surface area contributed by atoms with E-state index in [9.17, 15) is 23.1 Å². The van der Waals surface area contributed by atoms with Gasteiger partial charge in [0.25, 0.3) is 10.0 Å². The number of carbonyl (C=O) groups excluding carboxylic acids is 1.